The fraction of sp³-hybridized carbons (Fsp3) is 0.143. The first kappa shape index (κ1) is 14.5. The number of rotatable bonds is 4. The van der Waals surface area contributed by atoms with Gasteiger partial charge in [-0.05, 0) is 36.1 Å². The Hall–Kier alpha value is -0.900. The fourth-order valence-electron chi connectivity index (χ4n) is 1.64. The minimum Gasteiger partial charge on any atom is -0.379 e. The van der Waals surface area contributed by atoms with E-state index in [9.17, 15) is 4.39 Å². The molecule has 0 radical (unpaired) electrons. The summed E-state index contributed by atoms with van der Waals surface area (Å²) in [7, 11) is 0. The highest BCUT2D eigenvalue weighted by Gasteiger charge is 2.08. The van der Waals surface area contributed by atoms with Gasteiger partial charge in [0, 0.05) is 11.4 Å². The van der Waals surface area contributed by atoms with Gasteiger partial charge in [-0.15, -0.1) is 11.8 Å². The Balaban J connectivity index is 2.10. The third-order valence-electron chi connectivity index (χ3n) is 2.64. The van der Waals surface area contributed by atoms with Crippen LogP contribution in [0.2, 0.25) is 10.0 Å². The molecule has 0 aromatic heterocycles. The molecule has 0 unspecified atom stereocenters. The minimum absolute atomic E-state index is 0.283. The number of hydrogen-bond donors (Lipinski definition) is 1. The van der Waals surface area contributed by atoms with Gasteiger partial charge in [-0.2, -0.15) is 0 Å². The molecule has 2 rings (SSSR count). The summed E-state index contributed by atoms with van der Waals surface area (Å²) in [5.41, 5.74) is 1.66. The van der Waals surface area contributed by atoms with Crippen molar-refractivity contribution < 1.29 is 4.39 Å². The lowest BCUT2D eigenvalue weighted by molar-refractivity contribution is 0.628. The lowest BCUT2D eigenvalue weighted by atomic mass is 10.2. The third-order valence-corrected chi connectivity index (χ3v) is 3.97. The zero-order valence-corrected chi connectivity index (χ0v) is 12.5. The van der Waals surface area contributed by atoms with Gasteiger partial charge in [-0.3, -0.25) is 0 Å². The van der Waals surface area contributed by atoms with Crippen LogP contribution >= 0.6 is 35.0 Å². The maximum atomic E-state index is 13.1. The molecular formula is C14H12Cl2FNS. The lowest BCUT2D eigenvalue weighted by Crippen LogP contribution is -2.01. The maximum absolute atomic E-state index is 13.1. The smallest absolute Gasteiger partial charge is 0.126 e. The summed E-state index contributed by atoms with van der Waals surface area (Å²) in [6.45, 7) is 0.583. The average molecular weight is 316 g/mol. The van der Waals surface area contributed by atoms with Crippen molar-refractivity contribution in [2.75, 3.05) is 11.6 Å². The summed E-state index contributed by atoms with van der Waals surface area (Å²) >= 11 is 13.6. The van der Waals surface area contributed by atoms with E-state index in [1.807, 2.05) is 18.4 Å². The molecule has 19 heavy (non-hydrogen) atoms. The van der Waals surface area contributed by atoms with Crippen molar-refractivity contribution in [1.82, 2.24) is 0 Å². The second-order valence-electron chi connectivity index (χ2n) is 3.95. The van der Waals surface area contributed by atoms with Gasteiger partial charge < -0.3 is 5.32 Å². The normalized spacial score (nSPS) is 10.5. The highest BCUT2D eigenvalue weighted by Crippen LogP contribution is 2.31. The van der Waals surface area contributed by atoms with Crippen molar-refractivity contribution in [1.29, 1.82) is 0 Å². The van der Waals surface area contributed by atoms with Crippen LogP contribution in [0.25, 0.3) is 0 Å². The van der Waals surface area contributed by atoms with E-state index in [-0.39, 0.29) is 10.0 Å². The van der Waals surface area contributed by atoms with Gasteiger partial charge in [0.1, 0.15) is 5.82 Å². The molecule has 0 amide bonds. The van der Waals surface area contributed by atoms with E-state index < -0.39 is 5.82 Å². The molecular weight excluding hydrogens is 304 g/mol. The summed E-state index contributed by atoms with van der Waals surface area (Å²) < 4.78 is 13.1. The molecule has 2 aromatic rings. The zero-order chi connectivity index (χ0) is 13.8. The SMILES string of the molecule is CSc1ccc(CNc2c(Cl)cc(F)cc2Cl)cc1. The Morgan fingerprint density at radius 3 is 2.21 bits per heavy atom. The van der Waals surface area contributed by atoms with E-state index >= 15 is 0 Å². The lowest BCUT2D eigenvalue weighted by Gasteiger charge is -2.11. The highest BCUT2D eigenvalue weighted by molar-refractivity contribution is 7.98. The van der Waals surface area contributed by atoms with Gasteiger partial charge in [-0.1, -0.05) is 35.3 Å². The molecule has 5 heteroatoms. The summed E-state index contributed by atoms with van der Waals surface area (Å²) in [4.78, 5) is 1.21. The van der Waals surface area contributed by atoms with Gasteiger partial charge in [-0.25, -0.2) is 4.39 Å². The molecule has 0 atom stereocenters. The first-order valence-electron chi connectivity index (χ1n) is 5.61. The molecule has 1 N–H and O–H groups in total. The van der Waals surface area contributed by atoms with Crippen LogP contribution in [0.3, 0.4) is 0 Å². The van der Waals surface area contributed by atoms with E-state index in [2.05, 4.69) is 17.4 Å². The van der Waals surface area contributed by atoms with Crippen LogP contribution in [-0.4, -0.2) is 6.26 Å². The van der Waals surface area contributed by atoms with Crippen LogP contribution in [0.4, 0.5) is 10.1 Å². The summed E-state index contributed by atoms with van der Waals surface area (Å²) in [6.07, 6.45) is 2.03. The van der Waals surface area contributed by atoms with E-state index in [1.54, 1.807) is 11.8 Å². The molecule has 1 nitrogen and oxygen atoms in total. The molecule has 0 heterocycles. The topological polar surface area (TPSA) is 12.0 Å². The van der Waals surface area contributed by atoms with E-state index in [0.717, 1.165) is 5.56 Å². The number of halogens is 3. The van der Waals surface area contributed by atoms with Crippen LogP contribution in [0.5, 0.6) is 0 Å². The monoisotopic (exact) mass is 315 g/mol. The minimum atomic E-state index is -0.440. The van der Waals surface area contributed by atoms with Gasteiger partial charge >= 0.3 is 0 Å². The number of benzene rings is 2. The van der Waals surface area contributed by atoms with Crippen molar-refractivity contribution in [3.8, 4) is 0 Å². The molecule has 0 spiro atoms. The average Bonchev–Trinajstić information content (AvgIpc) is 2.38. The maximum Gasteiger partial charge on any atom is 0.126 e. The summed E-state index contributed by atoms with van der Waals surface area (Å²) in [6, 6.07) is 10.7. The van der Waals surface area contributed by atoms with Crippen molar-refractivity contribution in [3.05, 3.63) is 57.8 Å². The van der Waals surface area contributed by atoms with Gasteiger partial charge in [0.2, 0.25) is 0 Å². The van der Waals surface area contributed by atoms with E-state index in [1.165, 1.54) is 17.0 Å². The predicted molar refractivity (Wildman–Crippen MR) is 82.0 cm³/mol. The fourth-order valence-corrected chi connectivity index (χ4v) is 2.65. The first-order chi connectivity index (χ1) is 9.10. The standard InChI is InChI=1S/C14H12Cl2FNS/c1-19-11-4-2-9(3-5-11)8-18-14-12(15)6-10(17)7-13(14)16/h2-7,18H,8H2,1H3. The van der Waals surface area contributed by atoms with E-state index in [4.69, 9.17) is 23.2 Å². The molecule has 0 saturated heterocycles. The predicted octanol–water partition coefficient (Wildman–Crippen LogP) is 5.47. The Labute approximate surface area is 126 Å². The van der Waals surface area contributed by atoms with Crippen LogP contribution in [0, 0.1) is 5.82 Å². The molecule has 100 valence electrons. The molecule has 0 aliphatic heterocycles. The van der Waals surface area contributed by atoms with Gasteiger partial charge in [0.05, 0.1) is 15.7 Å². The Bertz CT molecular complexity index is 549. The number of anilines is 1. The Morgan fingerprint density at radius 1 is 1.11 bits per heavy atom. The van der Waals surface area contributed by atoms with Crippen molar-refractivity contribution in [3.63, 3.8) is 0 Å². The highest BCUT2D eigenvalue weighted by atomic mass is 35.5. The first-order valence-corrected chi connectivity index (χ1v) is 7.59. The van der Waals surface area contributed by atoms with Gasteiger partial charge in [0.25, 0.3) is 0 Å². The molecule has 2 aromatic carbocycles. The second-order valence-corrected chi connectivity index (χ2v) is 5.64. The number of hydrogen-bond acceptors (Lipinski definition) is 2. The van der Waals surface area contributed by atoms with Crippen LogP contribution in [-0.2, 0) is 6.54 Å². The molecule has 0 aliphatic carbocycles. The largest absolute Gasteiger partial charge is 0.379 e. The Morgan fingerprint density at radius 2 is 1.68 bits per heavy atom. The van der Waals surface area contributed by atoms with E-state index in [0.29, 0.717) is 12.2 Å². The van der Waals surface area contributed by atoms with Gasteiger partial charge in [0.15, 0.2) is 0 Å². The molecule has 0 bridgehead atoms. The summed E-state index contributed by atoms with van der Waals surface area (Å²) in [5, 5.41) is 3.69. The molecule has 0 aliphatic rings. The zero-order valence-electron chi connectivity index (χ0n) is 10.2. The van der Waals surface area contributed by atoms with Crippen LogP contribution in [0.1, 0.15) is 5.56 Å². The van der Waals surface area contributed by atoms with Crippen molar-refractivity contribution >= 4 is 40.7 Å². The Kier molecular flexibility index (Phi) is 4.97. The number of thioether (sulfide) groups is 1. The number of nitrogens with one attached hydrogen (secondary N) is 1. The molecule has 0 saturated carbocycles. The molecule has 0 fully saturated rings. The second kappa shape index (κ2) is 6.51. The van der Waals surface area contributed by atoms with Crippen LogP contribution in [0.15, 0.2) is 41.3 Å². The quantitative estimate of drug-likeness (QED) is 0.751. The third kappa shape index (κ3) is 3.78. The van der Waals surface area contributed by atoms with Crippen molar-refractivity contribution in [2.24, 2.45) is 0 Å². The van der Waals surface area contributed by atoms with Crippen molar-refractivity contribution in [2.45, 2.75) is 11.4 Å². The summed E-state index contributed by atoms with van der Waals surface area (Å²) in [5.74, 6) is -0.440. The van der Waals surface area contributed by atoms with Crippen LogP contribution < -0.4 is 5.32 Å².